The quantitative estimate of drug-likeness (QED) is 0.566. The molecule has 1 fully saturated rings. The smallest absolute Gasteiger partial charge is 0.350 e. The van der Waals surface area contributed by atoms with Gasteiger partial charge in [-0.3, -0.25) is 10.1 Å². The SMILES string of the molecule is Cn1ncc([N+](=O)[O-])c1OC1CCNC1. The van der Waals surface area contributed by atoms with Crippen LogP contribution in [0.25, 0.3) is 0 Å². The first-order valence-corrected chi connectivity index (χ1v) is 4.72. The van der Waals surface area contributed by atoms with E-state index in [4.69, 9.17) is 4.74 Å². The van der Waals surface area contributed by atoms with Crippen LogP contribution >= 0.6 is 0 Å². The van der Waals surface area contributed by atoms with Crippen LogP contribution in [0, 0.1) is 10.1 Å². The van der Waals surface area contributed by atoms with Crippen molar-refractivity contribution in [3.05, 3.63) is 16.3 Å². The first-order chi connectivity index (χ1) is 7.18. The minimum Gasteiger partial charge on any atom is -0.468 e. The summed E-state index contributed by atoms with van der Waals surface area (Å²) in [6.45, 7) is 1.61. The zero-order chi connectivity index (χ0) is 10.8. The summed E-state index contributed by atoms with van der Waals surface area (Å²) in [6, 6.07) is 0. The second-order valence-electron chi connectivity index (χ2n) is 3.45. The molecule has 1 atom stereocenters. The third-order valence-corrected chi connectivity index (χ3v) is 2.36. The summed E-state index contributed by atoms with van der Waals surface area (Å²) in [5.74, 6) is 0.230. The predicted molar refractivity (Wildman–Crippen MR) is 51.8 cm³/mol. The maximum atomic E-state index is 10.7. The van der Waals surface area contributed by atoms with Crippen molar-refractivity contribution in [3.63, 3.8) is 0 Å². The van der Waals surface area contributed by atoms with Gasteiger partial charge in [0.15, 0.2) is 0 Å². The van der Waals surface area contributed by atoms with Crippen LogP contribution in [0.5, 0.6) is 5.88 Å². The Morgan fingerprint density at radius 1 is 1.80 bits per heavy atom. The van der Waals surface area contributed by atoms with Crippen molar-refractivity contribution in [2.45, 2.75) is 12.5 Å². The van der Waals surface area contributed by atoms with E-state index in [0.29, 0.717) is 0 Å². The summed E-state index contributed by atoms with van der Waals surface area (Å²) in [5.41, 5.74) is -0.0793. The van der Waals surface area contributed by atoms with Gasteiger partial charge in [0.05, 0.1) is 4.92 Å². The molecule has 82 valence electrons. The van der Waals surface area contributed by atoms with Gasteiger partial charge in [-0.1, -0.05) is 0 Å². The van der Waals surface area contributed by atoms with Crippen molar-refractivity contribution in [1.82, 2.24) is 15.1 Å². The second kappa shape index (κ2) is 3.85. The average molecular weight is 212 g/mol. The van der Waals surface area contributed by atoms with Crippen molar-refractivity contribution >= 4 is 5.69 Å². The molecule has 1 aromatic rings. The number of ether oxygens (including phenoxy) is 1. The summed E-state index contributed by atoms with van der Waals surface area (Å²) >= 11 is 0. The van der Waals surface area contributed by atoms with Crippen molar-refractivity contribution in [3.8, 4) is 5.88 Å². The highest BCUT2D eigenvalue weighted by molar-refractivity contribution is 5.39. The molecule has 1 unspecified atom stereocenters. The van der Waals surface area contributed by atoms with Crippen molar-refractivity contribution < 1.29 is 9.66 Å². The predicted octanol–water partition coefficient (Wildman–Crippen LogP) is 0.0690. The summed E-state index contributed by atoms with van der Waals surface area (Å²) in [4.78, 5) is 10.2. The number of aromatic nitrogens is 2. The number of rotatable bonds is 3. The Balaban J connectivity index is 2.18. The molecule has 1 aliphatic rings. The van der Waals surface area contributed by atoms with Gasteiger partial charge in [-0.2, -0.15) is 5.10 Å². The van der Waals surface area contributed by atoms with Gasteiger partial charge in [0, 0.05) is 13.6 Å². The highest BCUT2D eigenvalue weighted by Gasteiger charge is 2.25. The minimum atomic E-state index is -0.481. The molecule has 0 aliphatic carbocycles. The van der Waals surface area contributed by atoms with Gasteiger partial charge in [-0.05, 0) is 13.0 Å². The van der Waals surface area contributed by atoms with Gasteiger partial charge in [-0.15, -0.1) is 0 Å². The molecule has 1 aliphatic heterocycles. The molecule has 1 saturated heterocycles. The van der Waals surface area contributed by atoms with Crippen LogP contribution in [0.2, 0.25) is 0 Å². The fraction of sp³-hybridized carbons (Fsp3) is 0.625. The topological polar surface area (TPSA) is 82.2 Å². The van der Waals surface area contributed by atoms with Crippen LogP contribution in [0.4, 0.5) is 5.69 Å². The van der Waals surface area contributed by atoms with Gasteiger partial charge >= 0.3 is 5.69 Å². The fourth-order valence-corrected chi connectivity index (χ4v) is 1.56. The Kier molecular flexibility index (Phi) is 2.55. The van der Waals surface area contributed by atoms with Crippen LogP contribution in [0.1, 0.15) is 6.42 Å². The van der Waals surface area contributed by atoms with E-state index in [9.17, 15) is 10.1 Å². The van der Waals surface area contributed by atoms with Crippen LogP contribution in [0.15, 0.2) is 6.20 Å². The number of nitrogens with one attached hydrogen (secondary N) is 1. The Morgan fingerprint density at radius 2 is 2.60 bits per heavy atom. The normalized spacial score (nSPS) is 20.5. The molecular formula is C8H12N4O3. The number of hydrogen-bond donors (Lipinski definition) is 1. The van der Waals surface area contributed by atoms with E-state index in [1.807, 2.05) is 0 Å². The molecule has 0 bridgehead atoms. The summed E-state index contributed by atoms with van der Waals surface area (Å²) in [5, 5.41) is 17.6. The molecule has 0 radical (unpaired) electrons. The van der Waals surface area contributed by atoms with Gasteiger partial charge in [0.2, 0.25) is 0 Å². The lowest BCUT2D eigenvalue weighted by atomic mass is 10.3. The second-order valence-corrected chi connectivity index (χ2v) is 3.45. The van der Waals surface area contributed by atoms with Crippen LogP contribution < -0.4 is 10.1 Å². The molecule has 1 N–H and O–H groups in total. The molecule has 0 aromatic carbocycles. The van der Waals surface area contributed by atoms with Gasteiger partial charge in [0.25, 0.3) is 5.88 Å². The molecule has 2 heterocycles. The van der Waals surface area contributed by atoms with Crippen LogP contribution in [0.3, 0.4) is 0 Å². The van der Waals surface area contributed by atoms with Crippen LogP contribution in [-0.2, 0) is 7.05 Å². The third-order valence-electron chi connectivity index (χ3n) is 2.36. The Hall–Kier alpha value is -1.63. The van der Waals surface area contributed by atoms with Gasteiger partial charge in [0.1, 0.15) is 12.3 Å². The minimum absolute atomic E-state index is 0.000833. The molecule has 7 heteroatoms. The summed E-state index contributed by atoms with van der Waals surface area (Å²) < 4.78 is 6.92. The van der Waals surface area contributed by atoms with Crippen molar-refractivity contribution in [1.29, 1.82) is 0 Å². The molecule has 15 heavy (non-hydrogen) atoms. The van der Waals surface area contributed by atoms with E-state index in [2.05, 4.69) is 10.4 Å². The highest BCUT2D eigenvalue weighted by Crippen LogP contribution is 2.26. The van der Waals surface area contributed by atoms with E-state index < -0.39 is 4.92 Å². The molecule has 0 spiro atoms. The maximum absolute atomic E-state index is 10.7. The third kappa shape index (κ3) is 1.91. The zero-order valence-corrected chi connectivity index (χ0v) is 8.34. The Morgan fingerprint density at radius 3 is 3.20 bits per heavy atom. The Bertz CT molecular complexity index is 370. The first kappa shape index (κ1) is 9.91. The highest BCUT2D eigenvalue weighted by atomic mass is 16.6. The van der Waals surface area contributed by atoms with E-state index >= 15 is 0 Å². The molecule has 7 nitrogen and oxygen atoms in total. The average Bonchev–Trinajstić information content (AvgIpc) is 2.78. The lowest BCUT2D eigenvalue weighted by Gasteiger charge is -2.11. The number of nitrogens with zero attached hydrogens (tertiary/aromatic N) is 3. The van der Waals surface area contributed by atoms with E-state index in [1.165, 1.54) is 10.9 Å². The summed E-state index contributed by atoms with van der Waals surface area (Å²) in [7, 11) is 1.63. The standard InChI is InChI=1S/C8H12N4O3/c1-11-8(7(5-10-11)12(13)14)15-6-2-3-9-4-6/h5-6,9H,2-4H2,1H3. The largest absolute Gasteiger partial charge is 0.468 e. The van der Waals surface area contributed by atoms with Crippen molar-refractivity contribution in [2.24, 2.45) is 7.05 Å². The fourth-order valence-electron chi connectivity index (χ4n) is 1.56. The van der Waals surface area contributed by atoms with Gasteiger partial charge < -0.3 is 10.1 Å². The monoisotopic (exact) mass is 212 g/mol. The lowest BCUT2D eigenvalue weighted by Crippen LogP contribution is -2.21. The van der Waals surface area contributed by atoms with E-state index in [-0.39, 0.29) is 17.7 Å². The van der Waals surface area contributed by atoms with E-state index in [0.717, 1.165) is 19.5 Å². The van der Waals surface area contributed by atoms with Crippen LogP contribution in [-0.4, -0.2) is 33.9 Å². The Labute approximate surface area is 86.2 Å². The molecule has 0 amide bonds. The molecular weight excluding hydrogens is 200 g/mol. The van der Waals surface area contributed by atoms with Crippen molar-refractivity contribution in [2.75, 3.05) is 13.1 Å². The van der Waals surface area contributed by atoms with Gasteiger partial charge in [-0.25, -0.2) is 4.68 Å². The maximum Gasteiger partial charge on any atom is 0.350 e. The zero-order valence-electron chi connectivity index (χ0n) is 8.34. The number of nitro groups is 1. The molecule has 1 aromatic heterocycles. The van der Waals surface area contributed by atoms with E-state index in [1.54, 1.807) is 7.05 Å². The lowest BCUT2D eigenvalue weighted by molar-refractivity contribution is -0.386. The number of hydrogen-bond acceptors (Lipinski definition) is 5. The molecule has 0 saturated carbocycles. The summed E-state index contributed by atoms with van der Waals surface area (Å²) in [6.07, 6.45) is 2.07. The first-order valence-electron chi connectivity index (χ1n) is 4.72. The number of aryl methyl sites for hydroxylation is 1. The molecule has 2 rings (SSSR count).